The lowest BCUT2D eigenvalue weighted by Crippen LogP contribution is -2.23. The number of rotatable bonds is 6. The van der Waals surface area contributed by atoms with Crippen molar-refractivity contribution in [3.05, 3.63) is 10.6 Å². The van der Waals surface area contributed by atoms with Crippen molar-refractivity contribution in [1.29, 1.82) is 0 Å². The Morgan fingerprint density at radius 3 is 2.75 bits per heavy atom. The van der Waals surface area contributed by atoms with Crippen molar-refractivity contribution in [2.24, 2.45) is 0 Å². The van der Waals surface area contributed by atoms with Gasteiger partial charge in [-0.25, -0.2) is 13.8 Å². The van der Waals surface area contributed by atoms with Gasteiger partial charge in [-0.15, -0.1) is 11.3 Å². The van der Waals surface area contributed by atoms with Crippen molar-refractivity contribution in [1.82, 2.24) is 10.3 Å². The van der Waals surface area contributed by atoms with Crippen LogP contribution in [0.4, 0.5) is 13.9 Å². The molecule has 0 radical (unpaired) electrons. The van der Waals surface area contributed by atoms with Crippen LogP contribution in [0.5, 0.6) is 0 Å². The number of hydrogen-bond acceptors (Lipinski definition) is 4. The molecule has 0 aliphatic rings. The highest BCUT2D eigenvalue weighted by molar-refractivity contribution is 7.15. The molecule has 3 nitrogen and oxygen atoms in total. The lowest BCUT2D eigenvalue weighted by molar-refractivity contribution is 0.156. The van der Waals surface area contributed by atoms with E-state index in [-0.39, 0.29) is 6.54 Å². The number of thiazole rings is 1. The molecule has 1 rings (SSSR count). The number of nitrogens with one attached hydrogen (secondary N) is 1. The van der Waals surface area contributed by atoms with Gasteiger partial charge in [0.1, 0.15) is 0 Å². The molecular formula is C10H17F2N3S. The molecule has 0 fully saturated rings. The number of nitrogens with zero attached hydrogens (tertiary/aromatic N) is 2. The predicted molar refractivity (Wildman–Crippen MR) is 63.5 cm³/mol. The van der Waals surface area contributed by atoms with Crippen LogP contribution in [0.2, 0.25) is 0 Å². The van der Waals surface area contributed by atoms with Gasteiger partial charge in [0, 0.05) is 18.5 Å². The van der Waals surface area contributed by atoms with Gasteiger partial charge in [0.05, 0.1) is 12.2 Å². The van der Waals surface area contributed by atoms with Gasteiger partial charge in [-0.3, -0.25) is 0 Å². The first-order chi connectivity index (χ1) is 7.54. The zero-order valence-corrected chi connectivity index (χ0v) is 10.6. The van der Waals surface area contributed by atoms with E-state index >= 15 is 0 Å². The quantitative estimate of drug-likeness (QED) is 0.838. The summed E-state index contributed by atoms with van der Waals surface area (Å²) < 4.78 is 24.4. The Bertz CT molecular complexity index is 328. The highest BCUT2D eigenvalue weighted by Gasteiger charge is 2.14. The number of alkyl halides is 2. The van der Waals surface area contributed by atoms with Crippen LogP contribution in [0.15, 0.2) is 0 Å². The Kier molecular flexibility index (Phi) is 5.08. The maximum atomic E-state index is 12.2. The predicted octanol–water partition coefficient (Wildman–Crippen LogP) is 2.26. The van der Waals surface area contributed by atoms with Crippen LogP contribution in [-0.4, -0.2) is 31.5 Å². The number of halogens is 2. The van der Waals surface area contributed by atoms with Crippen LogP contribution in [0.3, 0.4) is 0 Å². The van der Waals surface area contributed by atoms with Crippen molar-refractivity contribution in [3.63, 3.8) is 0 Å². The third-order valence-corrected chi connectivity index (χ3v) is 3.43. The molecule has 1 aromatic rings. The van der Waals surface area contributed by atoms with Crippen molar-refractivity contribution >= 4 is 16.5 Å². The number of anilines is 1. The number of hydrogen-bond donors (Lipinski definition) is 1. The molecule has 0 saturated carbocycles. The van der Waals surface area contributed by atoms with E-state index < -0.39 is 6.43 Å². The lowest BCUT2D eigenvalue weighted by Gasteiger charge is -2.14. The summed E-state index contributed by atoms with van der Waals surface area (Å²) in [5, 5.41) is 3.86. The van der Waals surface area contributed by atoms with E-state index in [1.165, 1.54) is 16.2 Å². The van der Waals surface area contributed by atoms with E-state index in [4.69, 9.17) is 0 Å². The summed E-state index contributed by atoms with van der Waals surface area (Å²) in [6.45, 7) is 5.30. The molecule has 0 aliphatic heterocycles. The van der Waals surface area contributed by atoms with Crippen molar-refractivity contribution in [3.8, 4) is 0 Å². The molecule has 0 atom stereocenters. The van der Waals surface area contributed by atoms with Gasteiger partial charge in [-0.2, -0.15) is 0 Å². The summed E-state index contributed by atoms with van der Waals surface area (Å²) in [4.78, 5) is 6.89. The Morgan fingerprint density at radius 1 is 1.50 bits per heavy atom. The van der Waals surface area contributed by atoms with Crippen molar-refractivity contribution < 1.29 is 8.78 Å². The molecule has 0 aliphatic carbocycles. The topological polar surface area (TPSA) is 28.2 Å². The maximum absolute atomic E-state index is 12.2. The molecule has 0 spiro atoms. The summed E-state index contributed by atoms with van der Waals surface area (Å²) in [5.41, 5.74) is 0.919. The zero-order chi connectivity index (χ0) is 12.1. The van der Waals surface area contributed by atoms with Gasteiger partial charge < -0.3 is 10.2 Å². The minimum atomic E-state index is -2.33. The van der Waals surface area contributed by atoms with Crippen LogP contribution in [0, 0.1) is 6.92 Å². The van der Waals surface area contributed by atoms with E-state index in [2.05, 4.69) is 10.3 Å². The Balaban J connectivity index is 2.67. The number of aryl methyl sites for hydroxylation is 1. The lowest BCUT2D eigenvalue weighted by atomic mass is 10.4. The largest absolute Gasteiger partial charge is 0.345 e. The third-order valence-electron chi connectivity index (χ3n) is 2.16. The van der Waals surface area contributed by atoms with Crippen LogP contribution < -0.4 is 10.2 Å². The van der Waals surface area contributed by atoms with Crippen molar-refractivity contribution in [2.45, 2.75) is 26.8 Å². The van der Waals surface area contributed by atoms with Crippen LogP contribution in [-0.2, 0) is 6.54 Å². The van der Waals surface area contributed by atoms with E-state index in [0.717, 1.165) is 23.7 Å². The molecule has 16 heavy (non-hydrogen) atoms. The van der Waals surface area contributed by atoms with Crippen LogP contribution in [0.25, 0.3) is 0 Å². The average molecular weight is 249 g/mol. The standard InChI is InChI=1S/C10H17F2N3S/c1-4-13-5-8-7(2)14-10(16-8)15(3)6-9(11)12/h9,13H,4-6H2,1-3H3. The molecule has 0 unspecified atom stereocenters. The summed E-state index contributed by atoms with van der Waals surface area (Å²) in [7, 11) is 1.64. The first kappa shape index (κ1) is 13.3. The average Bonchev–Trinajstić information content (AvgIpc) is 2.56. The summed E-state index contributed by atoms with van der Waals surface area (Å²) in [5.74, 6) is 0. The fourth-order valence-corrected chi connectivity index (χ4v) is 2.26. The van der Waals surface area contributed by atoms with E-state index in [9.17, 15) is 8.78 Å². The van der Waals surface area contributed by atoms with E-state index in [1.807, 2.05) is 13.8 Å². The van der Waals surface area contributed by atoms with Crippen LogP contribution >= 0.6 is 11.3 Å². The zero-order valence-electron chi connectivity index (χ0n) is 9.76. The van der Waals surface area contributed by atoms with Gasteiger partial charge in [0.25, 0.3) is 6.43 Å². The fourth-order valence-electron chi connectivity index (χ4n) is 1.26. The summed E-state index contributed by atoms with van der Waals surface area (Å²) >= 11 is 1.47. The van der Waals surface area contributed by atoms with Gasteiger partial charge in [0.15, 0.2) is 5.13 Å². The van der Waals surface area contributed by atoms with Gasteiger partial charge in [-0.1, -0.05) is 6.92 Å². The normalized spacial score (nSPS) is 11.1. The smallest absolute Gasteiger partial charge is 0.255 e. The summed E-state index contributed by atoms with van der Waals surface area (Å²) in [6.07, 6.45) is -2.33. The van der Waals surface area contributed by atoms with E-state index in [0.29, 0.717) is 5.13 Å². The highest BCUT2D eigenvalue weighted by Crippen LogP contribution is 2.25. The molecular weight excluding hydrogens is 232 g/mol. The van der Waals surface area contributed by atoms with E-state index in [1.54, 1.807) is 7.05 Å². The molecule has 1 N–H and O–H groups in total. The molecule has 6 heteroatoms. The van der Waals surface area contributed by atoms with Gasteiger partial charge >= 0.3 is 0 Å². The molecule has 0 bridgehead atoms. The summed E-state index contributed by atoms with van der Waals surface area (Å²) in [6, 6.07) is 0. The van der Waals surface area contributed by atoms with Gasteiger partial charge in [-0.05, 0) is 13.5 Å². The second-order valence-electron chi connectivity index (χ2n) is 3.56. The second-order valence-corrected chi connectivity index (χ2v) is 4.62. The monoisotopic (exact) mass is 249 g/mol. The third kappa shape index (κ3) is 3.68. The van der Waals surface area contributed by atoms with Crippen LogP contribution in [0.1, 0.15) is 17.5 Å². The molecule has 92 valence electrons. The maximum Gasteiger partial charge on any atom is 0.255 e. The van der Waals surface area contributed by atoms with Gasteiger partial charge in [0.2, 0.25) is 0 Å². The number of aromatic nitrogens is 1. The highest BCUT2D eigenvalue weighted by atomic mass is 32.1. The second kappa shape index (κ2) is 6.10. The minimum Gasteiger partial charge on any atom is -0.345 e. The molecule has 0 amide bonds. The fraction of sp³-hybridized carbons (Fsp3) is 0.700. The SMILES string of the molecule is CCNCc1sc(N(C)CC(F)F)nc1C. The molecule has 1 heterocycles. The Labute approximate surface area is 98.5 Å². The first-order valence-corrected chi connectivity index (χ1v) is 6.02. The molecule has 1 aromatic heterocycles. The molecule has 0 aromatic carbocycles. The van der Waals surface area contributed by atoms with Crippen molar-refractivity contribution in [2.75, 3.05) is 25.0 Å². The minimum absolute atomic E-state index is 0.270. The first-order valence-electron chi connectivity index (χ1n) is 5.20. The Morgan fingerprint density at radius 2 is 2.19 bits per heavy atom. The Hall–Kier alpha value is -0.750. The molecule has 0 saturated heterocycles.